The molecule has 0 saturated carbocycles. The summed E-state index contributed by atoms with van der Waals surface area (Å²) in [6.07, 6.45) is 7.96. The Morgan fingerprint density at radius 3 is 0.833 bits per heavy atom. The highest BCUT2D eigenvalue weighted by Crippen LogP contribution is 2.11. The van der Waals surface area contributed by atoms with Gasteiger partial charge in [-0.05, 0) is 46.6 Å². The smallest absolute Gasteiger partial charge is 0.0127 e. The summed E-state index contributed by atoms with van der Waals surface area (Å²) in [7, 11) is 0. The minimum atomic E-state index is 1.15. The van der Waals surface area contributed by atoms with Gasteiger partial charge in [-0.3, -0.25) is 0 Å². The summed E-state index contributed by atoms with van der Waals surface area (Å²) in [5.41, 5.74) is 11.0. The first-order chi connectivity index (χ1) is 8.90. The van der Waals surface area contributed by atoms with Gasteiger partial charge in [0.1, 0.15) is 0 Å². The second kappa shape index (κ2) is 4.77. The van der Waals surface area contributed by atoms with Crippen LogP contribution in [-0.2, 0) is 0 Å². The van der Waals surface area contributed by atoms with E-state index >= 15 is 0 Å². The largest absolute Gasteiger partial charge is 0.120 e. The lowest BCUT2D eigenvalue weighted by atomic mass is 10.1. The summed E-state index contributed by atoms with van der Waals surface area (Å²) < 4.78 is 0. The Balaban J connectivity index is 2.17. The lowest BCUT2D eigenvalue weighted by molar-refractivity contribution is 1.61. The van der Waals surface area contributed by atoms with Crippen molar-refractivity contribution in [1.82, 2.24) is 0 Å². The fourth-order valence-electron chi connectivity index (χ4n) is 1.85. The van der Waals surface area contributed by atoms with Gasteiger partial charge in [0.2, 0.25) is 0 Å². The number of rotatable bonds is 0. The van der Waals surface area contributed by atoms with Crippen molar-refractivity contribution < 1.29 is 0 Å². The maximum Gasteiger partial charge on any atom is -0.0127 e. The standard InChI is InChI=1S/C18H12/c1-3-15-7-11-17(12-8-15)5-2-6-18-13-9-16(4-1)10-14-18/h3-14H. The molecule has 0 unspecified atom stereocenters. The molecule has 4 aliphatic rings. The Labute approximate surface area is 107 Å². The lowest BCUT2D eigenvalue weighted by Crippen LogP contribution is -1.75. The molecule has 6 rings (SSSR count). The highest BCUT2D eigenvalue weighted by Gasteiger charge is 1.90. The molecule has 0 N–H and O–H groups in total. The molecular weight excluding hydrogens is 216 g/mol. The van der Waals surface area contributed by atoms with E-state index in [-0.39, 0.29) is 0 Å². The van der Waals surface area contributed by atoms with Crippen LogP contribution in [0.5, 0.6) is 0 Å². The summed E-state index contributed by atoms with van der Waals surface area (Å²) in [5, 5.41) is 0. The van der Waals surface area contributed by atoms with Crippen LogP contribution < -0.4 is 0 Å². The summed E-state index contributed by atoms with van der Waals surface area (Å²) in [6.45, 7) is 0. The zero-order valence-electron chi connectivity index (χ0n) is 9.93. The molecule has 0 heteroatoms. The van der Waals surface area contributed by atoms with Gasteiger partial charge in [-0.1, -0.05) is 48.5 Å². The van der Waals surface area contributed by atoms with Crippen LogP contribution in [0.3, 0.4) is 0 Å². The van der Waals surface area contributed by atoms with Gasteiger partial charge in [-0.25, -0.2) is 0 Å². The van der Waals surface area contributed by atoms with Crippen LogP contribution in [0.25, 0.3) is 24.3 Å². The molecule has 2 aromatic rings. The molecule has 0 spiro atoms. The SMILES string of the molecule is C1=Cc2ccc(cc2)C=C=Cc2ccc(cc2)C=1. The lowest BCUT2D eigenvalue weighted by Gasteiger charge is -1.96. The van der Waals surface area contributed by atoms with E-state index < -0.39 is 0 Å². The first kappa shape index (κ1) is 10.6. The van der Waals surface area contributed by atoms with Gasteiger partial charge in [-0.15, -0.1) is 11.5 Å². The van der Waals surface area contributed by atoms with E-state index in [0.29, 0.717) is 0 Å². The first-order valence-corrected chi connectivity index (χ1v) is 5.95. The Morgan fingerprint density at radius 2 is 0.611 bits per heavy atom. The molecule has 0 heterocycles. The third-order valence-electron chi connectivity index (χ3n) is 2.87. The van der Waals surface area contributed by atoms with Crippen LogP contribution in [0.15, 0.2) is 60.0 Å². The summed E-state index contributed by atoms with van der Waals surface area (Å²) in [6, 6.07) is 16.7. The van der Waals surface area contributed by atoms with E-state index in [9.17, 15) is 0 Å². The van der Waals surface area contributed by atoms with E-state index in [2.05, 4.69) is 60.0 Å². The average molecular weight is 228 g/mol. The summed E-state index contributed by atoms with van der Waals surface area (Å²) in [4.78, 5) is 0. The van der Waals surface area contributed by atoms with Crippen LogP contribution in [-0.4, -0.2) is 0 Å². The second-order valence-electron chi connectivity index (χ2n) is 4.24. The molecule has 0 aliphatic heterocycles. The minimum absolute atomic E-state index is 1.15. The molecule has 0 atom stereocenters. The fourth-order valence-corrected chi connectivity index (χ4v) is 1.85. The van der Waals surface area contributed by atoms with Crippen molar-refractivity contribution in [1.29, 1.82) is 0 Å². The molecule has 0 nitrogen and oxygen atoms in total. The monoisotopic (exact) mass is 228 g/mol. The zero-order valence-corrected chi connectivity index (χ0v) is 9.93. The van der Waals surface area contributed by atoms with E-state index in [4.69, 9.17) is 0 Å². The van der Waals surface area contributed by atoms with E-state index in [1.165, 1.54) is 0 Å². The van der Waals surface area contributed by atoms with Crippen molar-refractivity contribution in [3.05, 3.63) is 82.2 Å². The fraction of sp³-hybridized carbons (Fsp3) is 0. The average Bonchev–Trinajstić information content (AvgIpc) is 2.43. The van der Waals surface area contributed by atoms with Crippen LogP contribution in [0.2, 0.25) is 0 Å². The summed E-state index contributed by atoms with van der Waals surface area (Å²) in [5.74, 6) is 0. The predicted molar refractivity (Wildman–Crippen MR) is 77.8 cm³/mol. The van der Waals surface area contributed by atoms with Crippen molar-refractivity contribution in [3.8, 4) is 0 Å². The molecule has 4 aliphatic carbocycles. The van der Waals surface area contributed by atoms with Gasteiger partial charge in [0.15, 0.2) is 0 Å². The molecule has 0 saturated heterocycles. The molecule has 0 radical (unpaired) electrons. The van der Waals surface area contributed by atoms with Crippen molar-refractivity contribution in [3.63, 3.8) is 0 Å². The molecule has 0 aromatic heterocycles. The normalized spacial score (nSPS) is 12.0. The molecule has 84 valence electrons. The van der Waals surface area contributed by atoms with Gasteiger partial charge >= 0.3 is 0 Å². The zero-order chi connectivity index (χ0) is 12.2. The minimum Gasteiger partial charge on any atom is -0.120 e. The Kier molecular flexibility index (Phi) is 2.82. The van der Waals surface area contributed by atoms with Gasteiger partial charge in [0.25, 0.3) is 0 Å². The number of benzene rings is 2. The van der Waals surface area contributed by atoms with Crippen LogP contribution in [0.1, 0.15) is 22.3 Å². The Morgan fingerprint density at radius 1 is 0.389 bits per heavy atom. The quantitative estimate of drug-likeness (QED) is 0.491. The molecule has 4 bridgehead atoms. The third-order valence-corrected chi connectivity index (χ3v) is 2.87. The van der Waals surface area contributed by atoms with Gasteiger partial charge < -0.3 is 0 Å². The molecule has 0 amide bonds. The predicted octanol–water partition coefficient (Wildman–Crippen LogP) is 4.65. The van der Waals surface area contributed by atoms with Crippen molar-refractivity contribution >= 4 is 24.3 Å². The number of hydrogen-bond donors (Lipinski definition) is 0. The van der Waals surface area contributed by atoms with E-state index in [1.54, 1.807) is 0 Å². The molecular formula is C18H12. The van der Waals surface area contributed by atoms with E-state index in [0.717, 1.165) is 22.3 Å². The topological polar surface area (TPSA) is 0 Å². The van der Waals surface area contributed by atoms with Crippen LogP contribution >= 0.6 is 0 Å². The highest BCUT2D eigenvalue weighted by molar-refractivity contribution is 5.63. The van der Waals surface area contributed by atoms with Crippen molar-refractivity contribution in [2.24, 2.45) is 0 Å². The van der Waals surface area contributed by atoms with Crippen LogP contribution in [0.4, 0.5) is 0 Å². The van der Waals surface area contributed by atoms with E-state index in [1.807, 2.05) is 24.3 Å². The third kappa shape index (κ3) is 2.42. The summed E-state index contributed by atoms with van der Waals surface area (Å²) >= 11 is 0. The van der Waals surface area contributed by atoms with Gasteiger partial charge in [0, 0.05) is 0 Å². The maximum atomic E-state index is 3.21. The molecule has 0 fully saturated rings. The maximum absolute atomic E-state index is 3.21. The highest BCUT2D eigenvalue weighted by atomic mass is 13.9. The Bertz CT molecular complexity index is 552. The van der Waals surface area contributed by atoms with Crippen molar-refractivity contribution in [2.45, 2.75) is 0 Å². The molecule has 18 heavy (non-hydrogen) atoms. The van der Waals surface area contributed by atoms with Crippen molar-refractivity contribution in [2.75, 3.05) is 0 Å². The van der Waals surface area contributed by atoms with Gasteiger partial charge in [-0.2, -0.15) is 0 Å². The molecule has 2 aromatic carbocycles. The van der Waals surface area contributed by atoms with Crippen LogP contribution in [0, 0.1) is 0 Å². The van der Waals surface area contributed by atoms with Gasteiger partial charge in [0.05, 0.1) is 0 Å². The Hall–Kier alpha value is -2.52. The number of hydrogen-bond acceptors (Lipinski definition) is 0. The second-order valence-corrected chi connectivity index (χ2v) is 4.24. The first-order valence-electron chi connectivity index (χ1n) is 5.95.